The van der Waals surface area contributed by atoms with Crippen molar-refractivity contribution in [3.8, 4) is 0 Å². The van der Waals surface area contributed by atoms with E-state index in [1.54, 1.807) is 0 Å². The fourth-order valence-corrected chi connectivity index (χ4v) is 2.38. The van der Waals surface area contributed by atoms with E-state index in [-0.39, 0.29) is 0 Å². The number of hydrogen-bond acceptors (Lipinski definition) is 3. The van der Waals surface area contributed by atoms with Crippen LogP contribution in [0.5, 0.6) is 0 Å². The van der Waals surface area contributed by atoms with Crippen molar-refractivity contribution in [2.24, 2.45) is 0 Å². The Labute approximate surface area is 96.6 Å². The molecule has 0 unspecified atom stereocenters. The molecule has 16 heavy (non-hydrogen) atoms. The van der Waals surface area contributed by atoms with Crippen LogP contribution in [0.3, 0.4) is 0 Å². The van der Waals surface area contributed by atoms with E-state index in [4.69, 9.17) is 0 Å². The molecular weight excluding hydrogens is 201 g/mol. The average Bonchev–Trinajstić information content (AvgIpc) is 2.29. The Morgan fingerprint density at radius 2 is 1.88 bits per heavy atom. The van der Waals surface area contributed by atoms with Gasteiger partial charge in [-0.1, -0.05) is 23.8 Å². The number of hydrogen-bond donors (Lipinski definition) is 3. The van der Waals surface area contributed by atoms with Crippen LogP contribution in [0, 0.1) is 6.92 Å². The first-order chi connectivity index (χ1) is 7.66. The van der Waals surface area contributed by atoms with Crippen LogP contribution in [0.1, 0.15) is 29.9 Å². The maximum atomic E-state index is 9.21. The second-order valence-corrected chi connectivity index (χ2v) is 4.57. The van der Waals surface area contributed by atoms with Crippen molar-refractivity contribution in [3.63, 3.8) is 0 Å². The lowest BCUT2D eigenvalue weighted by molar-refractivity contribution is 0.425. The third-order valence-corrected chi connectivity index (χ3v) is 3.23. The summed E-state index contributed by atoms with van der Waals surface area (Å²) in [6, 6.07) is 5.91. The SMILES string of the molecule is Cc1cc(B(O)O)cc(C2CCNCC2)c1. The van der Waals surface area contributed by atoms with E-state index < -0.39 is 7.12 Å². The van der Waals surface area contributed by atoms with Gasteiger partial charge in [0.25, 0.3) is 0 Å². The lowest BCUT2D eigenvalue weighted by atomic mass is 9.76. The number of aryl methyl sites for hydroxylation is 1. The maximum absolute atomic E-state index is 9.21. The minimum Gasteiger partial charge on any atom is -0.423 e. The third-order valence-electron chi connectivity index (χ3n) is 3.23. The highest BCUT2D eigenvalue weighted by Crippen LogP contribution is 2.25. The molecule has 0 bridgehead atoms. The van der Waals surface area contributed by atoms with Gasteiger partial charge >= 0.3 is 7.12 Å². The van der Waals surface area contributed by atoms with Crippen LogP contribution in [0.25, 0.3) is 0 Å². The summed E-state index contributed by atoms with van der Waals surface area (Å²) in [6.45, 7) is 4.10. The van der Waals surface area contributed by atoms with E-state index >= 15 is 0 Å². The molecule has 1 aliphatic heterocycles. The molecule has 3 nitrogen and oxygen atoms in total. The van der Waals surface area contributed by atoms with Crippen molar-refractivity contribution in [1.29, 1.82) is 0 Å². The van der Waals surface area contributed by atoms with E-state index in [0.717, 1.165) is 31.5 Å². The van der Waals surface area contributed by atoms with Crippen molar-refractivity contribution in [3.05, 3.63) is 29.3 Å². The zero-order chi connectivity index (χ0) is 11.5. The number of piperidine rings is 1. The van der Waals surface area contributed by atoms with Crippen molar-refractivity contribution < 1.29 is 10.0 Å². The first-order valence-electron chi connectivity index (χ1n) is 5.85. The summed E-state index contributed by atoms with van der Waals surface area (Å²) in [5, 5.41) is 21.8. The molecule has 4 heteroatoms. The molecule has 1 aromatic rings. The minimum absolute atomic E-state index is 0.554. The van der Waals surface area contributed by atoms with Gasteiger partial charge in [0.1, 0.15) is 0 Å². The fourth-order valence-electron chi connectivity index (χ4n) is 2.38. The second kappa shape index (κ2) is 5.00. The van der Waals surface area contributed by atoms with Crippen molar-refractivity contribution in [2.75, 3.05) is 13.1 Å². The molecular formula is C12H18BNO2. The van der Waals surface area contributed by atoms with Crippen LogP contribution < -0.4 is 10.8 Å². The van der Waals surface area contributed by atoms with Gasteiger partial charge in [0.05, 0.1) is 0 Å². The molecule has 1 saturated heterocycles. The molecule has 0 saturated carbocycles. The molecule has 0 spiro atoms. The van der Waals surface area contributed by atoms with Crippen LogP contribution in [-0.4, -0.2) is 30.3 Å². The van der Waals surface area contributed by atoms with Crippen LogP contribution in [0.4, 0.5) is 0 Å². The fraction of sp³-hybridized carbons (Fsp3) is 0.500. The maximum Gasteiger partial charge on any atom is 0.488 e. The van der Waals surface area contributed by atoms with Crippen LogP contribution in [0.15, 0.2) is 18.2 Å². The Balaban J connectivity index is 2.25. The molecule has 0 aromatic heterocycles. The highest BCUT2D eigenvalue weighted by Gasteiger charge is 2.18. The second-order valence-electron chi connectivity index (χ2n) is 4.57. The molecule has 1 aromatic carbocycles. The summed E-state index contributed by atoms with van der Waals surface area (Å²) in [7, 11) is -1.36. The monoisotopic (exact) mass is 219 g/mol. The summed E-state index contributed by atoms with van der Waals surface area (Å²) in [6.07, 6.45) is 2.26. The first-order valence-corrected chi connectivity index (χ1v) is 5.85. The normalized spacial score (nSPS) is 17.4. The van der Waals surface area contributed by atoms with Crippen molar-refractivity contribution in [1.82, 2.24) is 5.32 Å². The summed E-state index contributed by atoms with van der Waals surface area (Å²) in [4.78, 5) is 0. The van der Waals surface area contributed by atoms with Crippen LogP contribution >= 0.6 is 0 Å². The van der Waals surface area contributed by atoms with Gasteiger partial charge in [0.15, 0.2) is 0 Å². The molecule has 0 radical (unpaired) electrons. The Bertz CT molecular complexity index is 362. The lowest BCUT2D eigenvalue weighted by Crippen LogP contribution is -2.32. The van der Waals surface area contributed by atoms with Gasteiger partial charge in [-0.3, -0.25) is 0 Å². The molecule has 2 rings (SSSR count). The van der Waals surface area contributed by atoms with Gasteiger partial charge in [-0.05, 0) is 49.8 Å². The first kappa shape index (κ1) is 11.6. The molecule has 1 aliphatic rings. The summed E-state index contributed by atoms with van der Waals surface area (Å²) < 4.78 is 0. The quantitative estimate of drug-likeness (QED) is 0.620. The van der Waals surface area contributed by atoms with Gasteiger partial charge < -0.3 is 15.4 Å². The topological polar surface area (TPSA) is 52.5 Å². The van der Waals surface area contributed by atoms with Gasteiger partial charge in [0.2, 0.25) is 0 Å². The number of rotatable bonds is 2. The van der Waals surface area contributed by atoms with E-state index in [0.29, 0.717) is 11.4 Å². The molecule has 3 N–H and O–H groups in total. The van der Waals surface area contributed by atoms with Crippen molar-refractivity contribution >= 4 is 12.6 Å². The van der Waals surface area contributed by atoms with Crippen molar-refractivity contribution in [2.45, 2.75) is 25.7 Å². The highest BCUT2D eigenvalue weighted by molar-refractivity contribution is 6.58. The third kappa shape index (κ3) is 2.64. The van der Waals surface area contributed by atoms with E-state index in [1.807, 2.05) is 19.1 Å². The number of benzene rings is 1. The van der Waals surface area contributed by atoms with E-state index in [9.17, 15) is 10.0 Å². The van der Waals surface area contributed by atoms with Gasteiger partial charge in [-0.15, -0.1) is 0 Å². The molecule has 1 fully saturated rings. The predicted molar refractivity (Wildman–Crippen MR) is 65.8 cm³/mol. The van der Waals surface area contributed by atoms with E-state index in [1.165, 1.54) is 5.56 Å². The summed E-state index contributed by atoms with van der Waals surface area (Å²) in [5.74, 6) is 0.554. The average molecular weight is 219 g/mol. The molecule has 0 amide bonds. The van der Waals surface area contributed by atoms with Gasteiger partial charge in [-0.2, -0.15) is 0 Å². The molecule has 0 atom stereocenters. The summed E-state index contributed by atoms with van der Waals surface area (Å²) >= 11 is 0. The number of nitrogens with one attached hydrogen (secondary N) is 1. The minimum atomic E-state index is -1.36. The highest BCUT2D eigenvalue weighted by atomic mass is 16.4. The standard InChI is InChI=1S/C12H18BNO2/c1-9-6-11(8-12(7-9)13(15)16)10-2-4-14-5-3-10/h6-8,10,14-16H,2-5H2,1H3. The predicted octanol–water partition coefficient (Wildman–Crippen LogP) is 0.142. The smallest absolute Gasteiger partial charge is 0.423 e. The van der Waals surface area contributed by atoms with Crippen LogP contribution in [-0.2, 0) is 0 Å². The Hall–Kier alpha value is -0.835. The molecule has 0 aliphatic carbocycles. The Kier molecular flexibility index (Phi) is 3.64. The Morgan fingerprint density at radius 3 is 2.50 bits per heavy atom. The van der Waals surface area contributed by atoms with Gasteiger partial charge in [-0.25, -0.2) is 0 Å². The zero-order valence-electron chi connectivity index (χ0n) is 9.61. The Morgan fingerprint density at radius 1 is 1.19 bits per heavy atom. The molecule has 1 heterocycles. The molecule has 86 valence electrons. The largest absolute Gasteiger partial charge is 0.488 e. The lowest BCUT2D eigenvalue weighted by Gasteiger charge is -2.23. The summed E-state index contributed by atoms with van der Waals surface area (Å²) in [5.41, 5.74) is 2.94. The van der Waals surface area contributed by atoms with Gasteiger partial charge in [0, 0.05) is 0 Å². The zero-order valence-corrected chi connectivity index (χ0v) is 9.61. The van der Waals surface area contributed by atoms with E-state index in [2.05, 4.69) is 11.4 Å². The van der Waals surface area contributed by atoms with Crippen LogP contribution in [0.2, 0.25) is 0 Å².